The summed E-state index contributed by atoms with van der Waals surface area (Å²) in [5.41, 5.74) is 9.86. The van der Waals surface area contributed by atoms with Crippen molar-refractivity contribution in [3.63, 3.8) is 0 Å². The summed E-state index contributed by atoms with van der Waals surface area (Å²) < 4.78 is 5.62. The molecule has 1 atom stereocenters. The van der Waals surface area contributed by atoms with Crippen LogP contribution in [0.4, 0.5) is 4.79 Å². The average Bonchev–Trinajstić information content (AvgIpc) is 3.98. The molecule has 5 heterocycles. The Morgan fingerprint density at radius 2 is 1.11 bits per heavy atom. The Bertz CT molecular complexity index is 2390. The van der Waals surface area contributed by atoms with Crippen LogP contribution in [0.5, 0.6) is 0 Å². The van der Waals surface area contributed by atoms with Crippen molar-refractivity contribution >= 4 is 62.3 Å². The third-order valence-electron chi connectivity index (χ3n) is 12.5. The highest BCUT2D eigenvalue weighted by atomic mass is 32.1. The van der Waals surface area contributed by atoms with E-state index in [1.165, 1.54) is 75.6 Å². The highest BCUT2D eigenvalue weighted by Gasteiger charge is 2.29. The number of ether oxygens (including phenoxy) is 1. The predicted molar refractivity (Wildman–Crippen MR) is 259 cm³/mol. The van der Waals surface area contributed by atoms with Gasteiger partial charge < -0.3 is 19.6 Å². The van der Waals surface area contributed by atoms with Crippen LogP contribution in [0.3, 0.4) is 0 Å². The number of nitrogens with zero attached hydrogens (tertiary/aromatic N) is 3. The van der Waals surface area contributed by atoms with Crippen molar-refractivity contribution in [2.75, 3.05) is 13.1 Å². The fourth-order valence-electron chi connectivity index (χ4n) is 9.28. The quantitative estimate of drug-likeness (QED) is 0.106. The number of pyridine rings is 2. The fourth-order valence-corrected chi connectivity index (χ4v) is 9.68. The van der Waals surface area contributed by atoms with E-state index in [1.54, 1.807) is 5.56 Å². The monoisotopic (exact) mass is 853 g/mol. The number of amides is 1. The van der Waals surface area contributed by atoms with Crippen molar-refractivity contribution in [2.24, 2.45) is 0 Å². The number of benzene rings is 2. The second-order valence-corrected chi connectivity index (χ2v) is 19.2. The second kappa shape index (κ2) is 21.4. The molecule has 0 radical (unpaired) electrons. The predicted octanol–water partition coefficient (Wildman–Crippen LogP) is 13.2. The summed E-state index contributed by atoms with van der Waals surface area (Å²) in [6.07, 6.45) is 24.2. The fraction of sp³-hybridized carbons (Fsp3) is 0.442. The Hall–Kier alpha value is -4.73. The van der Waals surface area contributed by atoms with Gasteiger partial charge in [0.25, 0.3) is 0 Å². The highest BCUT2D eigenvalue weighted by Crippen LogP contribution is 2.35. The zero-order valence-electron chi connectivity index (χ0n) is 36.4. The third-order valence-corrected chi connectivity index (χ3v) is 13.3. The molecular weight excluding hydrogens is 791 g/mol. The van der Waals surface area contributed by atoms with Crippen LogP contribution in [0.25, 0.3) is 22.1 Å². The lowest BCUT2D eigenvalue weighted by Crippen LogP contribution is -2.42. The maximum atomic E-state index is 12.6. The Morgan fingerprint density at radius 1 is 0.639 bits per heavy atom. The molecule has 1 saturated carbocycles. The molecule has 2 N–H and O–H groups in total. The number of likely N-dealkylation sites (tertiary alicyclic amines) is 1. The minimum Gasteiger partial charge on any atom is -0.444 e. The number of aromatic nitrogens is 4. The SMILES string of the molecule is CC(C)(C)OC(=O)N1CCCC(c2ccccc2CCC(=S)CCc2ccnc3[nH]ccc23)C1.S=C(CCc1ccccc1C1CCCCC1)CCc1ccnc2[nH]ccc12. The van der Waals surface area contributed by atoms with Crippen LogP contribution in [0.2, 0.25) is 0 Å². The molecule has 2 fully saturated rings. The van der Waals surface area contributed by atoms with Crippen molar-refractivity contribution in [1.82, 2.24) is 24.8 Å². The molecule has 7 nitrogen and oxygen atoms in total. The Labute approximate surface area is 373 Å². The van der Waals surface area contributed by atoms with E-state index in [4.69, 9.17) is 29.2 Å². The number of nitrogens with one attached hydrogen (secondary N) is 2. The highest BCUT2D eigenvalue weighted by molar-refractivity contribution is 7.80. The third kappa shape index (κ3) is 12.4. The number of hydrogen-bond acceptors (Lipinski definition) is 6. The molecule has 61 heavy (non-hydrogen) atoms. The number of aryl methyl sites for hydroxylation is 4. The number of piperidine rings is 1. The Kier molecular flexibility index (Phi) is 15.5. The number of aromatic amines is 2. The van der Waals surface area contributed by atoms with Crippen LogP contribution in [-0.2, 0) is 30.4 Å². The molecule has 4 aromatic heterocycles. The molecule has 8 rings (SSSR count). The number of hydrogen-bond donors (Lipinski definition) is 2. The topological polar surface area (TPSA) is 86.9 Å². The van der Waals surface area contributed by atoms with Gasteiger partial charge in [-0.3, -0.25) is 0 Å². The number of H-pyrrole nitrogens is 2. The van der Waals surface area contributed by atoms with Crippen LogP contribution in [0.15, 0.2) is 97.6 Å². The van der Waals surface area contributed by atoms with Crippen molar-refractivity contribution in [3.05, 3.63) is 131 Å². The van der Waals surface area contributed by atoms with Crippen LogP contribution in [0, 0.1) is 0 Å². The van der Waals surface area contributed by atoms with E-state index in [9.17, 15) is 4.79 Å². The van der Waals surface area contributed by atoms with E-state index in [2.05, 4.69) is 92.7 Å². The summed E-state index contributed by atoms with van der Waals surface area (Å²) in [6.45, 7) is 7.23. The standard InChI is InChI=1S/C28H35N3O2S.C24H28N2S/c1-28(2,3)33-27(32)31-18-6-8-22(19-31)24-9-5-4-7-20(24)10-12-23(34)13-11-21-14-16-29-26-25(21)15-17-30-26;27-21(13-11-20-14-16-25-24-23(20)15-17-26-24)12-10-19-8-4-5-9-22(19)18-6-2-1-3-7-18/h4-5,7,9,14-17,22H,6,8,10-13,18-19H2,1-3H3,(H,29,30);4-5,8-9,14-18H,1-3,6-7,10-13H2,(H,25,26). The largest absolute Gasteiger partial charge is 0.444 e. The summed E-state index contributed by atoms with van der Waals surface area (Å²) in [6, 6.07) is 26.1. The molecule has 6 aromatic rings. The van der Waals surface area contributed by atoms with E-state index in [1.807, 2.05) is 50.5 Å². The van der Waals surface area contributed by atoms with Gasteiger partial charge in [0.2, 0.25) is 0 Å². The molecule has 1 aliphatic carbocycles. The Morgan fingerprint density at radius 3 is 1.64 bits per heavy atom. The van der Waals surface area contributed by atoms with Crippen molar-refractivity contribution in [1.29, 1.82) is 0 Å². The first-order chi connectivity index (χ1) is 29.6. The van der Waals surface area contributed by atoms with E-state index >= 15 is 0 Å². The molecule has 2 aromatic carbocycles. The van der Waals surface area contributed by atoms with E-state index in [0.717, 1.165) is 92.8 Å². The van der Waals surface area contributed by atoms with Gasteiger partial charge in [0, 0.05) is 54.6 Å². The van der Waals surface area contributed by atoms with E-state index in [-0.39, 0.29) is 6.09 Å². The zero-order chi connectivity index (χ0) is 42.6. The second-order valence-electron chi connectivity index (χ2n) is 18.0. The number of thiocarbonyl (C=S) groups is 2. The van der Waals surface area contributed by atoms with Gasteiger partial charge >= 0.3 is 6.09 Å². The van der Waals surface area contributed by atoms with E-state index < -0.39 is 5.60 Å². The van der Waals surface area contributed by atoms with Gasteiger partial charge in [0.15, 0.2) is 0 Å². The summed E-state index contributed by atoms with van der Waals surface area (Å²) in [5.74, 6) is 1.10. The summed E-state index contributed by atoms with van der Waals surface area (Å²) in [4.78, 5) is 31.9. The molecule has 1 aliphatic heterocycles. The number of rotatable bonds is 14. The lowest BCUT2D eigenvalue weighted by molar-refractivity contribution is 0.0198. The number of carbonyl (C=O) groups is 1. The van der Waals surface area contributed by atoms with E-state index in [0.29, 0.717) is 12.5 Å². The summed E-state index contributed by atoms with van der Waals surface area (Å²) in [5, 5.41) is 2.41. The average molecular weight is 854 g/mol. The van der Waals surface area contributed by atoms with Crippen molar-refractivity contribution < 1.29 is 9.53 Å². The van der Waals surface area contributed by atoms with Crippen molar-refractivity contribution in [2.45, 2.75) is 135 Å². The molecule has 0 bridgehead atoms. The molecule has 1 amide bonds. The lowest BCUT2D eigenvalue weighted by Gasteiger charge is -2.35. The first kappa shape index (κ1) is 44.3. The van der Waals surface area contributed by atoms with Crippen LogP contribution in [0.1, 0.15) is 137 Å². The number of fused-ring (bicyclic) bond motifs is 2. The van der Waals surface area contributed by atoms with Gasteiger partial charge in [0.1, 0.15) is 16.9 Å². The van der Waals surface area contributed by atoms with Crippen LogP contribution >= 0.6 is 24.4 Å². The summed E-state index contributed by atoms with van der Waals surface area (Å²) in [7, 11) is 0. The molecular formula is C52H63N5O2S2. The lowest BCUT2D eigenvalue weighted by atomic mass is 9.81. The summed E-state index contributed by atoms with van der Waals surface area (Å²) >= 11 is 11.5. The maximum Gasteiger partial charge on any atom is 0.410 e. The number of carbonyl (C=O) groups excluding carboxylic acids is 1. The normalized spacial score (nSPS) is 16.0. The molecule has 9 heteroatoms. The zero-order valence-corrected chi connectivity index (χ0v) is 38.0. The minimum absolute atomic E-state index is 0.205. The van der Waals surface area contributed by atoms with Gasteiger partial charge in [-0.2, -0.15) is 0 Å². The maximum absolute atomic E-state index is 12.6. The van der Waals surface area contributed by atoms with Gasteiger partial charge in [-0.15, -0.1) is 0 Å². The van der Waals surface area contributed by atoms with Crippen molar-refractivity contribution in [3.8, 4) is 0 Å². The van der Waals surface area contributed by atoms with Crippen LogP contribution in [-0.4, -0.2) is 59.3 Å². The smallest absolute Gasteiger partial charge is 0.410 e. The van der Waals surface area contributed by atoms with Gasteiger partial charge in [0.05, 0.1) is 0 Å². The van der Waals surface area contributed by atoms with Gasteiger partial charge in [-0.05, 0) is 171 Å². The first-order valence-electron chi connectivity index (χ1n) is 22.6. The molecule has 320 valence electrons. The Balaban J connectivity index is 0.000000189. The van der Waals surface area contributed by atoms with Gasteiger partial charge in [-0.1, -0.05) is 92.2 Å². The molecule has 1 saturated heterocycles. The first-order valence-corrected chi connectivity index (χ1v) is 23.4. The molecule has 0 spiro atoms. The van der Waals surface area contributed by atoms with Crippen LogP contribution < -0.4 is 0 Å². The molecule has 1 unspecified atom stereocenters. The minimum atomic E-state index is -0.471. The van der Waals surface area contributed by atoms with Gasteiger partial charge in [-0.25, -0.2) is 14.8 Å². The molecule has 2 aliphatic rings.